The quantitative estimate of drug-likeness (QED) is 0.819. The lowest BCUT2D eigenvalue weighted by atomic mass is 10.0. The topological polar surface area (TPSA) is 64.1 Å². The molecule has 2 atom stereocenters. The minimum Gasteiger partial charge on any atom is -0.466 e. The average molecular weight is 258 g/mol. The fourth-order valence-corrected chi connectivity index (χ4v) is 1.40. The zero-order chi connectivity index (χ0) is 12.8. The van der Waals surface area contributed by atoms with E-state index in [2.05, 4.69) is 15.3 Å². The smallest absolute Gasteiger partial charge is 0.310 e. The van der Waals surface area contributed by atoms with Crippen LogP contribution in [0.3, 0.4) is 0 Å². The first-order valence-electron chi connectivity index (χ1n) is 5.45. The molecule has 0 bridgehead atoms. The third kappa shape index (κ3) is 3.85. The molecule has 0 amide bonds. The Morgan fingerprint density at radius 3 is 2.88 bits per heavy atom. The third-order valence-electron chi connectivity index (χ3n) is 2.44. The van der Waals surface area contributed by atoms with Crippen molar-refractivity contribution in [1.82, 2.24) is 9.97 Å². The van der Waals surface area contributed by atoms with Crippen molar-refractivity contribution in [3.8, 4) is 0 Å². The number of nitrogens with zero attached hydrogens (tertiary/aromatic N) is 2. The van der Waals surface area contributed by atoms with Gasteiger partial charge in [-0.25, -0.2) is 9.97 Å². The number of esters is 1. The molecule has 0 saturated carbocycles. The van der Waals surface area contributed by atoms with Gasteiger partial charge in [0.05, 0.1) is 18.7 Å². The Morgan fingerprint density at radius 2 is 2.29 bits per heavy atom. The Labute approximate surface area is 106 Å². The Morgan fingerprint density at radius 1 is 1.59 bits per heavy atom. The molecule has 0 unspecified atom stereocenters. The Bertz CT molecular complexity index is 387. The lowest BCUT2D eigenvalue weighted by Crippen LogP contribution is -2.31. The van der Waals surface area contributed by atoms with Gasteiger partial charge >= 0.3 is 5.97 Å². The fraction of sp³-hybridized carbons (Fsp3) is 0.545. The molecule has 94 valence electrons. The van der Waals surface area contributed by atoms with E-state index in [0.29, 0.717) is 17.4 Å². The molecule has 1 aromatic heterocycles. The number of rotatable bonds is 5. The van der Waals surface area contributed by atoms with Crippen molar-refractivity contribution >= 4 is 23.4 Å². The Hall–Kier alpha value is -1.36. The number of ether oxygens (including phenoxy) is 1. The molecule has 0 aliphatic heterocycles. The van der Waals surface area contributed by atoms with Gasteiger partial charge < -0.3 is 10.1 Å². The maximum absolute atomic E-state index is 11.5. The molecular weight excluding hydrogens is 242 g/mol. The number of nitrogens with one attached hydrogen (secondary N) is 1. The SMILES string of the molecule is CCOC(=O)[C@H](C)[C@H](C)Nc1ncncc1Cl. The van der Waals surface area contributed by atoms with E-state index >= 15 is 0 Å². The second-order valence-corrected chi connectivity index (χ2v) is 4.10. The van der Waals surface area contributed by atoms with Gasteiger partial charge in [-0.15, -0.1) is 0 Å². The predicted molar refractivity (Wildman–Crippen MR) is 65.9 cm³/mol. The number of carbonyl (C=O) groups excluding carboxylic acids is 1. The molecule has 1 aromatic rings. The van der Waals surface area contributed by atoms with Gasteiger partial charge in [-0.3, -0.25) is 4.79 Å². The summed E-state index contributed by atoms with van der Waals surface area (Å²) in [5, 5.41) is 3.49. The van der Waals surface area contributed by atoms with Gasteiger partial charge in [0.1, 0.15) is 17.2 Å². The van der Waals surface area contributed by atoms with Crippen molar-refractivity contribution in [2.45, 2.75) is 26.8 Å². The number of carbonyl (C=O) groups is 1. The summed E-state index contributed by atoms with van der Waals surface area (Å²) in [5.74, 6) is 0.00368. The zero-order valence-electron chi connectivity index (χ0n) is 10.1. The van der Waals surface area contributed by atoms with Crippen molar-refractivity contribution < 1.29 is 9.53 Å². The van der Waals surface area contributed by atoms with Crippen LogP contribution >= 0.6 is 11.6 Å². The molecule has 1 heterocycles. The Balaban J connectivity index is 2.63. The highest BCUT2D eigenvalue weighted by Crippen LogP contribution is 2.19. The number of hydrogen-bond acceptors (Lipinski definition) is 5. The van der Waals surface area contributed by atoms with Crippen LogP contribution in [-0.4, -0.2) is 28.6 Å². The van der Waals surface area contributed by atoms with Crippen molar-refractivity contribution in [3.05, 3.63) is 17.5 Å². The van der Waals surface area contributed by atoms with E-state index in [1.165, 1.54) is 12.5 Å². The van der Waals surface area contributed by atoms with Crippen LogP contribution in [0.4, 0.5) is 5.82 Å². The van der Waals surface area contributed by atoms with Gasteiger partial charge in [0.25, 0.3) is 0 Å². The van der Waals surface area contributed by atoms with Gasteiger partial charge in [0, 0.05) is 6.04 Å². The van der Waals surface area contributed by atoms with E-state index in [1.54, 1.807) is 13.8 Å². The first-order chi connectivity index (χ1) is 8.06. The molecule has 6 heteroatoms. The first kappa shape index (κ1) is 13.7. The first-order valence-corrected chi connectivity index (χ1v) is 5.82. The molecule has 0 aliphatic carbocycles. The van der Waals surface area contributed by atoms with Gasteiger partial charge in [-0.1, -0.05) is 11.6 Å². The second kappa shape index (κ2) is 6.39. The zero-order valence-corrected chi connectivity index (χ0v) is 10.9. The van der Waals surface area contributed by atoms with E-state index < -0.39 is 0 Å². The molecule has 0 radical (unpaired) electrons. The van der Waals surface area contributed by atoms with Crippen molar-refractivity contribution in [2.24, 2.45) is 5.92 Å². The second-order valence-electron chi connectivity index (χ2n) is 3.69. The molecule has 0 aromatic carbocycles. The molecule has 1 rings (SSSR count). The highest BCUT2D eigenvalue weighted by atomic mass is 35.5. The molecule has 0 fully saturated rings. The van der Waals surface area contributed by atoms with E-state index in [4.69, 9.17) is 16.3 Å². The highest BCUT2D eigenvalue weighted by Gasteiger charge is 2.22. The van der Waals surface area contributed by atoms with Crippen LogP contribution in [0, 0.1) is 5.92 Å². The van der Waals surface area contributed by atoms with E-state index in [1.807, 2.05) is 6.92 Å². The van der Waals surface area contributed by atoms with Crippen molar-refractivity contribution in [3.63, 3.8) is 0 Å². The summed E-state index contributed by atoms with van der Waals surface area (Å²) in [5.41, 5.74) is 0. The summed E-state index contributed by atoms with van der Waals surface area (Å²) in [6, 6.07) is -0.124. The van der Waals surface area contributed by atoms with Crippen LogP contribution in [0.25, 0.3) is 0 Å². The third-order valence-corrected chi connectivity index (χ3v) is 2.72. The summed E-state index contributed by atoms with van der Waals surface area (Å²) >= 11 is 5.91. The summed E-state index contributed by atoms with van der Waals surface area (Å²) in [6.45, 7) is 5.83. The van der Waals surface area contributed by atoms with Crippen LogP contribution in [-0.2, 0) is 9.53 Å². The number of hydrogen-bond donors (Lipinski definition) is 1. The normalized spacial score (nSPS) is 13.9. The summed E-state index contributed by atoms with van der Waals surface area (Å²) in [7, 11) is 0. The van der Waals surface area contributed by atoms with Crippen molar-refractivity contribution in [1.29, 1.82) is 0 Å². The van der Waals surface area contributed by atoms with Crippen LogP contribution in [0.1, 0.15) is 20.8 Å². The highest BCUT2D eigenvalue weighted by molar-refractivity contribution is 6.32. The van der Waals surface area contributed by atoms with E-state index in [0.717, 1.165) is 0 Å². The van der Waals surface area contributed by atoms with Gasteiger partial charge in [-0.05, 0) is 20.8 Å². The number of anilines is 1. The summed E-state index contributed by atoms with van der Waals surface area (Å²) in [6.07, 6.45) is 2.90. The van der Waals surface area contributed by atoms with Gasteiger partial charge in [0.2, 0.25) is 0 Å². The predicted octanol–water partition coefficient (Wildman–Crippen LogP) is 2.13. The van der Waals surface area contributed by atoms with Crippen LogP contribution in [0.15, 0.2) is 12.5 Å². The molecule has 0 saturated heterocycles. The summed E-state index contributed by atoms with van der Waals surface area (Å²) < 4.78 is 4.95. The Kier molecular flexibility index (Phi) is 5.15. The standard InChI is InChI=1S/C11H16ClN3O2/c1-4-17-11(16)7(2)8(3)15-10-9(12)5-13-6-14-10/h5-8H,4H2,1-3H3,(H,13,14,15)/t7-,8+/m1/s1. The maximum Gasteiger partial charge on any atom is 0.310 e. The van der Waals surface area contributed by atoms with E-state index in [9.17, 15) is 4.79 Å². The molecular formula is C11H16ClN3O2. The fourth-order valence-electron chi connectivity index (χ4n) is 1.24. The average Bonchev–Trinajstić information content (AvgIpc) is 2.31. The lowest BCUT2D eigenvalue weighted by Gasteiger charge is -2.20. The minimum absolute atomic E-state index is 0.124. The minimum atomic E-state index is -0.277. The monoisotopic (exact) mass is 257 g/mol. The molecule has 0 spiro atoms. The number of halogens is 1. The maximum atomic E-state index is 11.5. The summed E-state index contributed by atoms with van der Waals surface area (Å²) in [4.78, 5) is 19.3. The molecule has 5 nitrogen and oxygen atoms in total. The van der Waals surface area contributed by atoms with Crippen LogP contribution in [0.2, 0.25) is 5.02 Å². The van der Waals surface area contributed by atoms with Crippen molar-refractivity contribution in [2.75, 3.05) is 11.9 Å². The van der Waals surface area contributed by atoms with Gasteiger partial charge in [0.15, 0.2) is 0 Å². The number of aromatic nitrogens is 2. The molecule has 17 heavy (non-hydrogen) atoms. The van der Waals surface area contributed by atoms with E-state index in [-0.39, 0.29) is 17.9 Å². The van der Waals surface area contributed by atoms with Crippen LogP contribution < -0.4 is 5.32 Å². The molecule has 0 aliphatic rings. The molecule has 1 N–H and O–H groups in total. The van der Waals surface area contributed by atoms with Gasteiger partial charge in [-0.2, -0.15) is 0 Å². The largest absolute Gasteiger partial charge is 0.466 e. The lowest BCUT2D eigenvalue weighted by molar-refractivity contribution is -0.147. The van der Waals surface area contributed by atoms with Crippen LogP contribution in [0.5, 0.6) is 0 Å².